The van der Waals surface area contributed by atoms with Crippen molar-refractivity contribution in [3.05, 3.63) is 71.3 Å². The number of halogens is 1. The zero-order valence-corrected chi connectivity index (χ0v) is 12.5. The monoisotopic (exact) mass is 314 g/mol. The summed E-state index contributed by atoms with van der Waals surface area (Å²) >= 11 is 6.13. The Hall–Kier alpha value is -2.53. The van der Waals surface area contributed by atoms with E-state index < -0.39 is 0 Å². The maximum Gasteiger partial charge on any atom is 0.224 e. The third-order valence-electron chi connectivity index (χ3n) is 3.07. The van der Waals surface area contributed by atoms with Gasteiger partial charge >= 0.3 is 0 Å². The molecule has 0 fully saturated rings. The van der Waals surface area contributed by atoms with Crippen LogP contribution in [-0.4, -0.2) is 9.97 Å². The first-order valence-electron chi connectivity index (χ1n) is 6.88. The Morgan fingerprint density at radius 3 is 2.73 bits per heavy atom. The summed E-state index contributed by atoms with van der Waals surface area (Å²) in [5.74, 6) is 2.11. The molecule has 3 rings (SSSR count). The van der Waals surface area contributed by atoms with Gasteiger partial charge in [-0.15, -0.1) is 0 Å². The van der Waals surface area contributed by atoms with Crippen molar-refractivity contribution in [2.75, 3.05) is 10.6 Å². The molecule has 0 aliphatic heterocycles. The van der Waals surface area contributed by atoms with Gasteiger partial charge in [0.25, 0.3) is 0 Å². The van der Waals surface area contributed by atoms with E-state index in [-0.39, 0.29) is 0 Å². The van der Waals surface area contributed by atoms with Crippen molar-refractivity contribution in [2.24, 2.45) is 0 Å². The van der Waals surface area contributed by atoms with Crippen molar-refractivity contribution in [3.63, 3.8) is 0 Å². The highest BCUT2D eigenvalue weighted by atomic mass is 35.5. The van der Waals surface area contributed by atoms with E-state index in [1.165, 1.54) is 0 Å². The van der Waals surface area contributed by atoms with Gasteiger partial charge in [0, 0.05) is 17.8 Å². The van der Waals surface area contributed by atoms with Crippen LogP contribution in [0.2, 0.25) is 5.02 Å². The lowest BCUT2D eigenvalue weighted by atomic mass is 10.2. The summed E-state index contributed by atoms with van der Waals surface area (Å²) < 4.78 is 5.26. The minimum atomic E-state index is 0.542. The van der Waals surface area contributed by atoms with Crippen LogP contribution in [0.15, 0.2) is 59.3 Å². The average Bonchev–Trinajstić information content (AvgIpc) is 3.06. The highest BCUT2D eigenvalue weighted by Crippen LogP contribution is 2.16. The third-order valence-corrected chi connectivity index (χ3v) is 3.44. The minimum Gasteiger partial charge on any atom is -0.467 e. The first-order valence-corrected chi connectivity index (χ1v) is 7.25. The van der Waals surface area contributed by atoms with E-state index in [4.69, 9.17) is 16.0 Å². The largest absolute Gasteiger partial charge is 0.467 e. The van der Waals surface area contributed by atoms with Crippen LogP contribution < -0.4 is 10.6 Å². The Morgan fingerprint density at radius 1 is 1.00 bits per heavy atom. The van der Waals surface area contributed by atoms with Gasteiger partial charge in [-0.1, -0.05) is 29.8 Å². The number of nitrogens with one attached hydrogen (secondary N) is 2. The second-order valence-corrected chi connectivity index (χ2v) is 5.05. The van der Waals surface area contributed by atoms with Crippen molar-refractivity contribution in [1.82, 2.24) is 9.97 Å². The van der Waals surface area contributed by atoms with Crippen molar-refractivity contribution in [3.8, 4) is 0 Å². The van der Waals surface area contributed by atoms with Crippen LogP contribution in [0.1, 0.15) is 11.3 Å². The van der Waals surface area contributed by atoms with Gasteiger partial charge in [-0.05, 0) is 29.8 Å². The van der Waals surface area contributed by atoms with E-state index in [0.29, 0.717) is 19.0 Å². The summed E-state index contributed by atoms with van der Waals surface area (Å²) in [6.45, 7) is 1.15. The maximum atomic E-state index is 6.13. The maximum absolute atomic E-state index is 6.13. The number of benzene rings is 1. The van der Waals surface area contributed by atoms with Crippen LogP contribution in [0.25, 0.3) is 0 Å². The predicted octanol–water partition coefficient (Wildman–Crippen LogP) is 3.95. The molecule has 0 atom stereocenters. The summed E-state index contributed by atoms with van der Waals surface area (Å²) in [7, 11) is 0. The fourth-order valence-corrected chi connectivity index (χ4v) is 2.15. The smallest absolute Gasteiger partial charge is 0.224 e. The average molecular weight is 315 g/mol. The van der Waals surface area contributed by atoms with E-state index in [1.54, 1.807) is 12.5 Å². The van der Waals surface area contributed by atoms with Crippen molar-refractivity contribution in [2.45, 2.75) is 13.1 Å². The molecular formula is C16H15ClN4O. The van der Waals surface area contributed by atoms with Gasteiger partial charge in [0.15, 0.2) is 0 Å². The Kier molecular flexibility index (Phi) is 4.56. The molecule has 0 bridgehead atoms. The zero-order valence-electron chi connectivity index (χ0n) is 11.8. The van der Waals surface area contributed by atoms with Gasteiger partial charge in [-0.25, -0.2) is 4.98 Å². The summed E-state index contributed by atoms with van der Waals surface area (Å²) in [5.41, 5.74) is 1.02. The van der Waals surface area contributed by atoms with Gasteiger partial charge in [0.05, 0.1) is 12.8 Å². The summed E-state index contributed by atoms with van der Waals surface area (Å²) in [6.07, 6.45) is 3.34. The second-order valence-electron chi connectivity index (χ2n) is 4.64. The summed E-state index contributed by atoms with van der Waals surface area (Å²) in [5, 5.41) is 7.09. The van der Waals surface area contributed by atoms with Gasteiger partial charge < -0.3 is 15.1 Å². The van der Waals surface area contributed by atoms with Gasteiger partial charge in [0.2, 0.25) is 5.95 Å². The van der Waals surface area contributed by atoms with Crippen molar-refractivity contribution >= 4 is 23.4 Å². The fourth-order valence-electron chi connectivity index (χ4n) is 1.95. The molecule has 0 aliphatic carbocycles. The van der Waals surface area contributed by atoms with Crippen LogP contribution in [0.4, 0.5) is 11.8 Å². The van der Waals surface area contributed by atoms with Crippen molar-refractivity contribution in [1.29, 1.82) is 0 Å². The molecule has 6 heteroatoms. The van der Waals surface area contributed by atoms with E-state index in [0.717, 1.165) is 22.2 Å². The van der Waals surface area contributed by atoms with Gasteiger partial charge in [-0.3, -0.25) is 0 Å². The van der Waals surface area contributed by atoms with Gasteiger partial charge in [0.1, 0.15) is 11.6 Å². The number of anilines is 2. The quantitative estimate of drug-likeness (QED) is 0.721. The number of aromatic nitrogens is 2. The Morgan fingerprint density at radius 2 is 1.91 bits per heavy atom. The minimum absolute atomic E-state index is 0.542. The molecule has 22 heavy (non-hydrogen) atoms. The van der Waals surface area contributed by atoms with E-state index in [2.05, 4.69) is 20.6 Å². The Labute approximate surface area is 133 Å². The lowest BCUT2D eigenvalue weighted by molar-refractivity contribution is 0.517. The molecular weight excluding hydrogens is 300 g/mol. The number of furan rings is 1. The Bertz CT molecular complexity index is 731. The SMILES string of the molecule is Clc1ccccc1CNc1ccnc(NCc2ccco2)n1. The molecule has 2 aromatic heterocycles. The van der Waals surface area contributed by atoms with Crippen LogP contribution in [0.5, 0.6) is 0 Å². The summed E-state index contributed by atoms with van der Waals surface area (Å²) in [4.78, 5) is 8.58. The molecule has 0 saturated heterocycles. The zero-order chi connectivity index (χ0) is 15.2. The van der Waals surface area contributed by atoms with Crippen LogP contribution in [0.3, 0.4) is 0 Å². The number of hydrogen-bond acceptors (Lipinski definition) is 5. The first-order chi connectivity index (χ1) is 10.8. The molecule has 0 aliphatic rings. The molecule has 0 amide bonds. The highest BCUT2D eigenvalue weighted by molar-refractivity contribution is 6.31. The number of hydrogen-bond donors (Lipinski definition) is 2. The topological polar surface area (TPSA) is 63.0 Å². The molecule has 0 spiro atoms. The molecule has 2 heterocycles. The molecule has 3 aromatic rings. The van der Waals surface area contributed by atoms with Crippen LogP contribution >= 0.6 is 11.6 Å². The predicted molar refractivity (Wildman–Crippen MR) is 86.8 cm³/mol. The normalized spacial score (nSPS) is 10.4. The third kappa shape index (κ3) is 3.77. The second kappa shape index (κ2) is 6.95. The molecule has 0 radical (unpaired) electrons. The number of nitrogens with zero attached hydrogens (tertiary/aromatic N) is 2. The van der Waals surface area contributed by atoms with Crippen molar-refractivity contribution < 1.29 is 4.42 Å². The molecule has 1 aromatic carbocycles. The molecule has 0 saturated carbocycles. The summed E-state index contributed by atoms with van der Waals surface area (Å²) in [6, 6.07) is 13.3. The highest BCUT2D eigenvalue weighted by Gasteiger charge is 2.02. The van der Waals surface area contributed by atoms with Crippen LogP contribution in [0, 0.1) is 0 Å². The van der Waals surface area contributed by atoms with E-state index >= 15 is 0 Å². The Balaban J connectivity index is 1.60. The lowest BCUT2D eigenvalue weighted by Crippen LogP contribution is -2.06. The molecule has 112 valence electrons. The van der Waals surface area contributed by atoms with E-state index in [9.17, 15) is 0 Å². The molecule has 5 nitrogen and oxygen atoms in total. The molecule has 2 N–H and O–H groups in total. The van der Waals surface area contributed by atoms with Crippen LogP contribution in [-0.2, 0) is 13.1 Å². The van der Waals surface area contributed by atoms with Gasteiger partial charge in [-0.2, -0.15) is 4.98 Å². The number of rotatable bonds is 6. The molecule has 0 unspecified atom stereocenters. The lowest BCUT2D eigenvalue weighted by Gasteiger charge is -2.08. The fraction of sp³-hybridized carbons (Fsp3) is 0.125. The van der Waals surface area contributed by atoms with E-state index in [1.807, 2.05) is 42.5 Å². The standard InChI is InChI=1S/C16H15ClN4O/c17-14-6-2-1-4-12(14)10-19-15-7-8-18-16(21-15)20-11-13-5-3-9-22-13/h1-9H,10-11H2,(H2,18,19,20,21). The first kappa shape index (κ1) is 14.4.